The summed E-state index contributed by atoms with van der Waals surface area (Å²) in [6.45, 7) is 1.74. The van der Waals surface area contributed by atoms with Crippen LogP contribution >= 0.6 is 0 Å². The van der Waals surface area contributed by atoms with Crippen molar-refractivity contribution in [1.29, 1.82) is 0 Å². The van der Waals surface area contributed by atoms with Crippen LogP contribution in [0.2, 0.25) is 0 Å². The van der Waals surface area contributed by atoms with E-state index >= 15 is 0 Å². The van der Waals surface area contributed by atoms with Crippen LogP contribution in [-0.2, 0) is 4.79 Å². The number of aliphatic hydroxyl groups excluding tert-OH is 1. The Labute approximate surface area is 173 Å². The minimum Gasteiger partial charge on any atom is -0.390 e. The molecule has 1 saturated carbocycles. The number of benzene rings is 2. The molecule has 2 aromatic carbocycles. The number of amides is 1. The summed E-state index contributed by atoms with van der Waals surface area (Å²) in [5.41, 5.74) is 4.36. The van der Waals surface area contributed by atoms with Gasteiger partial charge in [-0.3, -0.25) is 4.79 Å². The second kappa shape index (κ2) is 9.55. The van der Waals surface area contributed by atoms with Gasteiger partial charge in [0.25, 0.3) is 0 Å². The Morgan fingerprint density at radius 3 is 2.21 bits per heavy atom. The third-order valence-corrected chi connectivity index (χ3v) is 6.44. The number of carbonyl (C=O) groups is 1. The quantitative estimate of drug-likeness (QED) is 0.598. The number of aliphatic hydroxyl groups is 1. The molecule has 4 nitrogen and oxygen atoms in total. The Morgan fingerprint density at radius 2 is 1.55 bits per heavy atom. The molecule has 2 aliphatic carbocycles. The SMILES string of the molecule is O=C(NCC(O)CNCCC1CCCCC1)C1c2ccccc2-c2ccccc21. The van der Waals surface area contributed by atoms with E-state index in [2.05, 4.69) is 22.8 Å². The van der Waals surface area contributed by atoms with Gasteiger partial charge >= 0.3 is 0 Å². The standard InChI is InChI=1S/C25H32N2O2/c28-19(16-26-15-14-18-8-2-1-3-9-18)17-27-25(29)24-22-12-6-4-10-20(22)21-11-5-7-13-23(21)24/h4-7,10-13,18-19,24,26,28H,1-3,8-9,14-17H2,(H,27,29). The zero-order valence-electron chi connectivity index (χ0n) is 17.1. The van der Waals surface area contributed by atoms with Crippen LogP contribution in [0, 0.1) is 5.92 Å². The van der Waals surface area contributed by atoms with Gasteiger partial charge in [0.1, 0.15) is 0 Å². The predicted octanol–water partition coefficient (Wildman–Crippen LogP) is 3.84. The highest BCUT2D eigenvalue weighted by atomic mass is 16.3. The number of hydrogen-bond donors (Lipinski definition) is 3. The first kappa shape index (κ1) is 20.1. The Balaban J connectivity index is 1.26. The molecule has 3 N–H and O–H groups in total. The van der Waals surface area contributed by atoms with Crippen molar-refractivity contribution in [3.05, 3.63) is 59.7 Å². The van der Waals surface area contributed by atoms with Crippen molar-refractivity contribution in [2.24, 2.45) is 5.92 Å². The Hall–Kier alpha value is -2.17. The topological polar surface area (TPSA) is 61.4 Å². The summed E-state index contributed by atoms with van der Waals surface area (Å²) in [5.74, 6) is 0.508. The average Bonchev–Trinajstić information content (AvgIpc) is 3.10. The molecular weight excluding hydrogens is 360 g/mol. The van der Waals surface area contributed by atoms with Gasteiger partial charge in [-0.15, -0.1) is 0 Å². The van der Waals surface area contributed by atoms with E-state index in [1.807, 2.05) is 36.4 Å². The van der Waals surface area contributed by atoms with E-state index in [1.165, 1.54) is 38.5 Å². The summed E-state index contributed by atoms with van der Waals surface area (Å²) in [6.07, 6.45) is 7.44. The smallest absolute Gasteiger partial charge is 0.232 e. The second-order valence-electron chi connectivity index (χ2n) is 8.50. The molecule has 4 heteroatoms. The maximum atomic E-state index is 13.0. The summed E-state index contributed by atoms with van der Waals surface area (Å²) < 4.78 is 0. The van der Waals surface area contributed by atoms with Gasteiger partial charge in [0.2, 0.25) is 5.91 Å². The van der Waals surface area contributed by atoms with Crippen LogP contribution in [0.3, 0.4) is 0 Å². The largest absolute Gasteiger partial charge is 0.390 e. The van der Waals surface area contributed by atoms with Crippen molar-refractivity contribution in [3.8, 4) is 11.1 Å². The van der Waals surface area contributed by atoms with Crippen LogP contribution in [0.4, 0.5) is 0 Å². The first-order valence-electron chi connectivity index (χ1n) is 11.1. The molecule has 1 unspecified atom stereocenters. The number of nitrogens with one attached hydrogen (secondary N) is 2. The maximum absolute atomic E-state index is 13.0. The Kier molecular flexibility index (Phi) is 6.63. The van der Waals surface area contributed by atoms with Crippen molar-refractivity contribution in [2.45, 2.75) is 50.5 Å². The van der Waals surface area contributed by atoms with E-state index in [-0.39, 0.29) is 18.4 Å². The Morgan fingerprint density at radius 1 is 0.931 bits per heavy atom. The van der Waals surface area contributed by atoms with E-state index in [9.17, 15) is 9.90 Å². The van der Waals surface area contributed by atoms with Crippen LogP contribution in [0.25, 0.3) is 11.1 Å². The van der Waals surface area contributed by atoms with Crippen LogP contribution in [0.1, 0.15) is 55.6 Å². The highest BCUT2D eigenvalue weighted by Gasteiger charge is 2.33. The minimum atomic E-state index is -0.572. The number of rotatable bonds is 8. The van der Waals surface area contributed by atoms with Gasteiger partial charge in [-0.25, -0.2) is 0 Å². The van der Waals surface area contributed by atoms with Crippen LogP contribution in [-0.4, -0.2) is 36.8 Å². The third kappa shape index (κ3) is 4.71. The highest BCUT2D eigenvalue weighted by Crippen LogP contribution is 2.44. The zero-order chi connectivity index (χ0) is 20.1. The van der Waals surface area contributed by atoms with Gasteiger partial charge in [0, 0.05) is 13.1 Å². The van der Waals surface area contributed by atoms with Gasteiger partial charge in [-0.05, 0) is 41.1 Å². The van der Waals surface area contributed by atoms with Gasteiger partial charge in [0.05, 0.1) is 12.0 Å². The molecule has 1 amide bonds. The normalized spacial score (nSPS) is 17.6. The first-order valence-corrected chi connectivity index (χ1v) is 11.1. The monoisotopic (exact) mass is 392 g/mol. The molecular formula is C25H32N2O2. The lowest BCUT2D eigenvalue weighted by Gasteiger charge is -2.22. The van der Waals surface area contributed by atoms with Crippen LogP contribution < -0.4 is 10.6 Å². The van der Waals surface area contributed by atoms with E-state index < -0.39 is 6.10 Å². The molecule has 29 heavy (non-hydrogen) atoms. The van der Waals surface area contributed by atoms with E-state index in [1.54, 1.807) is 0 Å². The van der Waals surface area contributed by atoms with Gasteiger partial charge in [-0.1, -0.05) is 80.6 Å². The summed E-state index contributed by atoms with van der Waals surface area (Å²) >= 11 is 0. The van der Waals surface area contributed by atoms with Crippen molar-refractivity contribution in [1.82, 2.24) is 10.6 Å². The van der Waals surface area contributed by atoms with E-state index in [0.717, 1.165) is 34.7 Å². The fourth-order valence-corrected chi connectivity index (χ4v) is 4.88. The van der Waals surface area contributed by atoms with Crippen molar-refractivity contribution >= 4 is 5.91 Å². The molecule has 0 bridgehead atoms. The number of carbonyl (C=O) groups excluding carboxylic acids is 1. The minimum absolute atomic E-state index is 0.0383. The van der Waals surface area contributed by atoms with Gasteiger partial charge in [-0.2, -0.15) is 0 Å². The molecule has 0 heterocycles. The van der Waals surface area contributed by atoms with Gasteiger partial charge < -0.3 is 15.7 Å². The Bertz CT molecular complexity index is 784. The predicted molar refractivity (Wildman–Crippen MR) is 117 cm³/mol. The fraction of sp³-hybridized carbons (Fsp3) is 0.480. The maximum Gasteiger partial charge on any atom is 0.232 e. The fourth-order valence-electron chi connectivity index (χ4n) is 4.88. The molecule has 4 rings (SSSR count). The van der Waals surface area contributed by atoms with Crippen LogP contribution in [0.15, 0.2) is 48.5 Å². The average molecular weight is 393 g/mol. The molecule has 154 valence electrons. The highest BCUT2D eigenvalue weighted by molar-refractivity contribution is 5.96. The molecule has 2 aliphatic rings. The third-order valence-electron chi connectivity index (χ3n) is 6.44. The summed E-state index contributed by atoms with van der Waals surface area (Å²) in [7, 11) is 0. The molecule has 0 aliphatic heterocycles. The summed E-state index contributed by atoms with van der Waals surface area (Å²) in [6, 6.07) is 16.2. The van der Waals surface area contributed by atoms with E-state index in [4.69, 9.17) is 0 Å². The molecule has 1 fully saturated rings. The first-order chi connectivity index (χ1) is 14.2. The van der Waals surface area contributed by atoms with Crippen molar-refractivity contribution < 1.29 is 9.90 Å². The van der Waals surface area contributed by atoms with Crippen molar-refractivity contribution in [2.75, 3.05) is 19.6 Å². The van der Waals surface area contributed by atoms with Crippen LogP contribution in [0.5, 0.6) is 0 Å². The second-order valence-corrected chi connectivity index (χ2v) is 8.50. The molecule has 1 atom stereocenters. The number of hydrogen-bond acceptors (Lipinski definition) is 3. The summed E-state index contributed by atoms with van der Waals surface area (Å²) in [4.78, 5) is 13.0. The van der Waals surface area contributed by atoms with Crippen molar-refractivity contribution in [3.63, 3.8) is 0 Å². The lowest BCUT2D eigenvalue weighted by Crippen LogP contribution is -2.40. The lowest BCUT2D eigenvalue weighted by molar-refractivity contribution is -0.122. The van der Waals surface area contributed by atoms with E-state index in [0.29, 0.717) is 6.54 Å². The number of fused-ring (bicyclic) bond motifs is 3. The molecule has 0 aromatic heterocycles. The molecule has 2 aromatic rings. The van der Waals surface area contributed by atoms with Gasteiger partial charge in [0.15, 0.2) is 0 Å². The molecule has 0 saturated heterocycles. The zero-order valence-corrected chi connectivity index (χ0v) is 17.1. The molecule has 0 spiro atoms. The molecule has 0 radical (unpaired) electrons. The summed E-state index contributed by atoms with van der Waals surface area (Å²) in [5, 5.41) is 16.6. The lowest BCUT2D eigenvalue weighted by atomic mass is 9.87.